The first kappa shape index (κ1) is 15.0. The summed E-state index contributed by atoms with van der Waals surface area (Å²) in [6.07, 6.45) is 2.64. The Hall–Kier alpha value is -1.08. The highest BCUT2D eigenvalue weighted by atomic mass is 35.5. The van der Waals surface area contributed by atoms with Crippen molar-refractivity contribution in [3.05, 3.63) is 35.4 Å². The predicted octanol–water partition coefficient (Wildman–Crippen LogP) is 2.15. The van der Waals surface area contributed by atoms with Crippen molar-refractivity contribution >= 4 is 12.4 Å². The highest BCUT2D eigenvalue weighted by Crippen LogP contribution is 2.34. The summed E-state index contributed by atoms with van der Waals surface area (Å²) >= 11 is 0. The van der Waals surface area contributed by atoms with Gasteiger partial charge in [-0.25, -0.2) is 0 Å². The minimum absolute atomic E-state index is 0. The van der Waals surface area contributed by atoms with E-state index in [0.29, 0.717) is 11.6 Å². The molecule has 1 aliphatic carbocycles. The maximum Gasteiger partial charge on any atom is 0.0991 e. The lowest BCUT2D eigenvalue weighted by Crippen LogP contribution is -2.39. The zero-order valence-corrected chi connectivity index (χ0v) is 11.5. The third-order valence-electron chi connectivity index (χ3n) is 3.49. The van der Waals surface area contributed by atoms with Gasteiger partial charge in [-0.3, -0.25) is 4.90 Å². The summed E-state index contributed by atoms with van der Waals surface area (Å²) < 4.78 is 0. The summed E-state index contributed by atoms with van der Waals surface area (Å²) in [6, 6.07) is 10.4. The number of nitrogens with zero attached hydrogens (tertiary/aromatic N) is 2. The first-order valence-corrected chi connectivity index (χ1v) is 6.14. The zero-order valence-electron chi connectivity index (χ0n) is 10.7. The molecular weight excluding hydrogens is 246 g/mol. The van der Waals surface area contributed by atoms with Crippen LogP contribution in [-0.2, 0) is 6.54 Å². The molecule has 1 aliphatic rings. The van der Waals surface area contributed by atoms with Crippen LogP contribution in [0.3, 0.4) is 0 Å². The predicted molar refractivity (Wildman–Crippen MR) is 75.4 cm³/mol. The Balaban J connectivity index is 0.00000162. The molecule has 2 N–H and O–H groups in total. The largest absolute Gasteiger partial charge is 0.329 e. The number of hydrogen-bond acceptors (Lipinski definition) is 3. The Labute approximate surface area is 115 Å². The maximum absolute atomic E-state index is 8.74. The molecule has 0 spiro atoms. The van der Waals surface area contributed by atoms with Crippen LogP contribution in [0, 0.1) is 17.2 Å². The molecule has 0 amide bonds. The van der Waals surface area contributed by atoms with Gasteiger partial charge in [0.1, 0.15) is 0 Å². The molecule has 18 heavy (non-hydrogen) atoms. The van der Waals surface area contributed by atoms with Crippen LogP contribution >= 0.6 is 12.4 Å². The summed E-state index contributed by atoms with van der Waals surface area (Å²) in [5, 5.41) is 8.74. The van der Waals surface area contributed by atoms with Crippen LogP contribution in [0.15, 0.2) is 24.3 Å². The van der Waals surface area contributed by atoms with E-state index in [1.165, 1.54) is 18.4 Å². The van der Waals surface area contributed by atoms with Gasteiger partial charge in [0.05, 0.1) is 11.6 Å². The normalized spacial score (nSPS) is 15.9. The highest BCUT2D eigenvalue weighted by molar-refractivity contribution is 5.85. The number of nitrogens with two attached hydrogens (primary N) is 1. The Morgan fingerprint density at radius 1 is 1.39 bits per heavy atom. The lowest BCUT2D eigenvalue weighted by molar-refractivity contribution is 0.215. The van der Waals surface area contributed by atoms with E-state index in [-0.39, 0.29) is 12.4 Å². The van der Waals surface area contributed by atoms with Crippen molar-refractivity contribution in [2.24, 2.45) is 11.7 Å². The van der Waals surface area contributed by atoms with Crippen LogP contribution < -0.4 is 5.73 Å². The summed E-state index contributed by atoms with van der Waals surface area (Å²) in [5.74, 6) is 0.795. The van der Waals surface area contributed by atoms with E-state index in [1.54, 1.807) is 0 Å². The van der Waals surface area contributed by atoms with Gasteiger partial charge in [-0.05, 0) is 43.5 Å². The monoisotopic (exact) mass is 265 g/mol. The Morgan fingerprint density at radius 2 is 2.00 bits per heavy atom. The Kier molecular flexibility index (Phi) is 5.61. The molecule has 0 saturated heterocycles. The number of hydrogen-bond donors (Lipinski definition) is 1. The van der Waals surface area contributed by atoms with Crippen LogP contribution in [0.4, 0.5) is 0 Å². The standard InChI is InChI=1S/C14H19N3.ClH/c1-17(14(9-16)13-6-7-13)10-12-4-2-11(8-15)3-5-12;/h2-5,13-14H,6-7,9-10,16H2,1H3;1H. The van der Waals surface area contributed by atoms with Crippen molar-refractivity contribution in [2.45, 2.75) is 25.4 Å². The molecule has 0 aromatic heterocycles. The molecule has 3 nitrogen and oxygen atoms in total. The zero-order chi connectivity index (χ0) is 12.3. The van der Waals surface area contributed by atoms with Crippen LogP contribution in [0.1, 0.15) is 24.0 Å². The fourth-order valence-corrected chi connectivity index (χ4v) is 2.30. The van der Waals surface area contributed by atoms with Gasteiger partial charge in [0.25, 0.3) is 0 Å². The van der Waals surface area contributed by atoms with E-state index in [0.717, 1.165) is 19.0 Å². The van der Waals surface area contributed by atoms with Gasteiger partial charge in [-0.15, -0.1) is 12.4 Å². The first-order chi connectivity index (χ1) is 8.24. The van der Waals surface area contributed by atoms with E-state index in [9.17, 15) is 0 Å². The topological polar surface area (TPSA) is 53.0 Å². The van der Waals surface area contributed by atoms with Gasteiger partial charge < -0.3 is 5.73 Å². The van der Waals surface area contributed by atoms with Gasteiger partial charge in [0.2, 0.25) is 0 Å². The van der Waals surface area contributed by atoms with Crippen LogP contribution in [-0.4, -0.2) is 24.5 Å². The average Bonchev–Trinajstić information content (AvgIpc) is 3.15. The molecule has 98 valence electrons. The molecule has 0 bridgehead atoms. The first-order valence-electron chi connectivity index (χ1n) is 6.14. The number of nitriles is 1. The number of benzene rings is 1. The van der Waals surface area contributed by atoms with E-state index >= 15 is 0 Å². The molecule has 0 heterocycles. The molecule has 1 atom stereocenters. The summed E-state index contributed by atoms with van der Waals surface area (Å²) in [7, 11) is 2.13. The highest BCUT2D eigenvalue weighted by Gasteiger charge is 2.32. The van der Waals surface area contributed by atoms with Crippen molar-refractivity contribution in [3.8, 4) is 6.07 Å². The van der Waals surface area contributed by atoms with Gasteiger partial charge in [0.15, 0.2) is 0 Å². The minimum Gasteiger partial charge on any atom is -0.329 e. The Morgan fingerprint density at radius 3 is 2.44 bits per heavy atom. The third-order valence-corrected chi connectivity index (χ3v) is 3.49. The van der Waals surface area contributed by atoms with Gasteiger partial charge in [-0.1, -0.05) is 12.1 Å². The van der Waals surface area contributed by atoms with E-state index < -0.39 is 0 Å². The SMILES string of the molecule is CN(Cc1ccc(C#N)cc1)C(CN)C1CC1.Cl. The van der Waals surface area contributed by atoms with E-state index in [1.807, 2.05) is 24.3 Å². The number of rotatable bonds is 5. The van der Waals surface area contributed by atoms with Crippen molar-refractivity contribution < 1.29 is 0 Å². The number of likely N-dealkylation sites (N-methyl/N-ethyl adjacent to an activating group) is 1. The van der Waals surface area contributed by atoms with E-state index in [4.69, 9.17) is 11.0 Å². The smallest absolute Gasteiger partial charge is 0.0991 e. The van der Waals surface area contributed by atoms with Crippen molar-refractivity contribution in [1.82, 2.24) is 4.90 Å². The van der Waals surface area contributed by atoms with Crippen molar-refractivity contribution in [1.29, 1.82) is 5.26 Å². The quantitative estimate of drug-likeness (QED) is 0.888. The molecule has 1 aromatic carbocycles. The number of halogens is 1. The molecule has 4 heteroatoms. The van der Waals surface area contributed by atoms with Crippen molar-refractivity contribution in [3.63, 3.8) is 0 Å². The Bertz CT molecular complexity index is 406. The minimum atomic E-state index is 0. The van der Waals surface area contributed by atoms with Crippen molar-refractivity contribution in [2.75, 3.05) is 13.6 Å². The van der Waals surface area contributed by atoms with Crippen LogP contribution in [0.2, 0.25) is 0 Å². The van der Waals surface area contributed by atoms with E-state index in [2.05, 4.69) is 18.0 Å². The second-order valence-corrected chi connectivity index (χ2v) is 4.86. The molecule has 2 rings (SSSR count). The molecule has 1 fully saturated rings. The summed E-state index contributed by atoms with van der Waals surface area (Å²) in [4.78, 5) is 2.33. The average molecular weight is 266 g/mol. The van der Waals surface area contributed by atoms with Gasteiger partial charge in [-0.2, -0.15) is 5.26 Å². The van der Waals surface area contributed by atoms with Gasteiger partial charge >= 0.3 is 0 Å². The summed E-state index contributed by atoms with van der Waals surface area (Å²) in [5.41, 5.74) is 7.79. The van der Waals surface area contributed by atoms with Crippen LogP contribution in [0.5, 0.6) is 0 Å². The molecule has 1 aromatic rings. The van der Waals surface area contributed by atoms with Gasteiger partial charge in [0, 0.05) is 19.1 Å². The fraction of sp³-hybridized carbons (Fsp3) is 0.500. The molecule has 1 unspecified atom stereocenters. The molecule has 0 aliphatic heterocycles. The molecular formula is C14H20ClN3. The molecule has 1 saturated carbocycles. The summed E-state index contributed by atoms with van der Waals surface area (Å²) in [6.45, 7) is 1.64. The van der Waals surface area contributed by atoms with Crippen LogP contribution in [0.25, 0.3) is 0 Å². The lowest BCUT2D eigenvalue weighted by atomic mass is 10.1. The second kappa shape index (κ2) is 6.75. The maximum atomic E-state index is 8.74. The second-order valence-electron chi connectivity index (χ2n) is 4.86. The third kappa shape index (κ3) is 3.71. The fourth-order valence-electron chi connectivity index (χ4n) is 2.30. The lowest BCUT2D eigenvalue weighted by Gasteiger charge is -2.27. The molecule has 0 radical (unpaired) electrons.